The van der Waals surface area contributed by atoms with Gasteiger partial charge in [-0.3, -0.25) is 9.59 Å². The van der Waals surface area contributed by atoms with Crippen molar-refractivity contribution >= 4 is 11.8 Å². The van der Waals surface area contributed by atoms with Crippen LogP contribution in [-0.4, -0.2) is 29.8 Å². The molecule has 4 rings (SSSR count). The first kappa shape index (κ1) is 20.0. The quantitative estimate of drug-likeness (QED) is 0.687. The SMILES string of the molecule is Cc1ccc(C(=O)N2CCC(C(=O)NCc3ccc(-c4ccccc4)o3)CC2)cc1. The Kier molecular flexibility index (Phi) is 5.98. The molecule has 5 heteroatoms. The van der Waals surface area contributed by atoms with Crippen LogP contribution in [0.4, 0.5) is 0 Å². The van der Waals surface area contributed by atoms with E-state index in [0.29, 0.717) is 38.0 Å². The lowest BCUT2D eigenvalue weighted by molar-refractivity contribution is -0.126. The molecule has 0 aliphatic carbocycles. The second-order valence-corrected chi connectivity index (χ2v) is 7.78. The maximum Gasteiger partial charge on any atom is 0.253 e. The van der Waals surface area contributed by atoms with E-state index in [4.69, 9.17) is 4.42 Å². The Bertz CT molecular complexity index is 1000. The summed E-state index contributed by atoms with van der Waals surface area (Å²) in [7, 11) is 0. The molecule has 1 fully saturated rings. The molecule has 0 spiro atoms. The Morgan fingerprint density at radius 3 is 2.37 bits per heavy atom. The van der Waals surface area contributed by atoms with Gasteiger partial charge in [0.1, 0.15) is 11.5 Å². The summed E-state index contributed by atoms with van der Waals surface area (Å²) in [6, 6.07) is 21.3. The number of piperidine rings is 1. The molecule has 1 aromatic heterocycles. The van der Waals surface area contributed by atoms with Crippen LogP contribution in [0, 0.1) is 12.8 Å². The Morgan fingerprint density at radius 2 is 1.67 bits per heavy atom. The van der Waals surface area contributed by atoms with Crippen molar-refractivity contribution in [2.75, 3.05) is 13.1 Å². The molecule has 0 radical (unpaired) electrons. The topological polar surface area (TPSA) is 62.6 Å². The largest absolute Gasteiger partial charge is 0.459 e. The van der Waals surface area contributed by atoms with Crippen LogP contribution in [0.1, 0.15) is 34.5 Å². The number of amides is 2. The third kappa shape index (κ3) is 4.62. The van der Waals surface area contributed by atoms with E-state index in [1.54, 1.807) is 0 Å². The van der Waals surface area contributed by atoms with Crippen molar-refractivity contribution in [3.05, 3.63) is 83.6 Å². The van der Waals surface area contributed by atoms with Crippen molar-refractivity contribution in [2.45, 2.75) is 26.3 Å². The number of carbonyl (C=O) groups is 2. The van der Waals surface area contributed by atoms with Gasteiger partial charge in [-0.1, -0.05) is 48.0 Å². The molecule has 3 aromatic rings. The Morgan fingerprint density at radius 1 is 0.967 bits per heavy atom. The predicted molar refractivity (Wildman–Crippen MR) is 116 cm³/mol. The van der Waals surface area contributed by atoms with E-state index >= 15 is 0 Å². The molecule has 2 aromatic carbocycles. The molecular weight excluding hydrogens is 376 g/mol. The summed E-state index contributed by atoms with van der Waals surface area (Å²) >= 11 is 0. The van der Waals surface area contributed by atoms with E-state index in [1.807, 2.05) is 78.6 Å². The molecule has 1 N–H and O–H groups in total. The van der Waals surface area contributed by atoms with Crippen LogP contribution in [0.5, 0.6) is 0 Å². The summed E-state index contributed by atoms with van der Waals surface area (Å²) in [5.41, 5.74) is 2.85. The van der Waals surface area contributed by atoms with Gasteiger partial charge in [0.15, 0.2) is 0 Å². The van der Waals surface area contributed by atoms with Gasteiger partial charge in [-0.2, -0.15) is 0 Å². The minimum atomic E-state index is -0.0735. The highest BCUT2D eigenvalue weighted by Gasteiger charge is 2.27. The fraction of sp³-hybridized carbons (Fsp3) is 0.280. The second-order valence-electron chi connectivity index (χ2n) is 7.78. The average molecular weight is 402 g/mol. The van der Waals surface area contributed by atoms with Crippen LogP contribution in [0.15, 0.2) is 71.1 Å². The van der Waals surface area contributed by atoms with E-state index in [1.165, 1.54) is 0 Å². The first-order valence-electron chi connectivity index (χ1n) is 10.4. The number of nitrogens with zero attached hydrogens (tertiary/aromatic N) is 1. The van der Waals surface area contributed by atoms with E-state index in [9.17, 15) is 9.59 Å². The predicted octanol–water partition coefficient (Wildman–Crippen LogP) is 4.42. The summed E-state index contributed by atoms with van der Waals surface area (Å²) < 4.78 is 5.85. The molecule has 1 aliphatic rings. The number of hydrogen-bond acceptors (Lipinski definition) is 3. The fourth-order valence-corrected chi connectivity index (χ4v) is 3.77. The molecule has 30 heavy (non-hydrogen) atoms. The third-order valence-corrected chi connectivity index (χ3v) is 5.61. The molecule has 1 aliphatic heterocycles. The van der Waals surface area contributed by atoms with Gasteiger partial charge < -0.3 is 14.6 Å². The molecule has 0 saturated carbocycles. The van der Waals surface area contributed by atoms with E-state index in [0.717, 1.165) is 22.6 Å². The summed E-state index contributed by atoms with van der Waals surface area (Å²) in [6.07, 6.45) is 1.35. The Labute approximate surface area is 176 Å². The van der Waals surface area contributed by atoms with Crippen LogP contribution in [0.3, 0.4) is 0 Å². The van der Waals surface area contributed by atoms with Crippen LogP contribution in [0.2, 0.25) is 0 Å². The van der Waals surface area contributed by atoms with Crippen LogP contribution >= 0.6 is 0 Å². The number of carbonyl (C=O) groups excluding carboxylic acids is 2. The Hall–Kier alpha value is -3.34. The highest BCUT2D eigenvalue weighted by atomic mass is 16.3. The molecule has 1 saturated heterocycles. The summed E-state index contributed by atoms with van der Waals surface area (Å²) in [5.74, 6) is 1.51. The minimum Gasteiger partial charge on any atom is -0.459 e. The van der Waals surface area contributed by atoms with Crippen molar-refractivity contribution in [3.8, 4) is 11.3 Å². The van der Waals surface area contributed by atoms with Crippen molar-refractivity contribution < 1.29 is 14.0 Å². The smallest absolute Gasteiger partial charge is 0.253 e. The summed E-state index contributed by atoms with van der Waals surface area (Å²) in [6.45, 7) is 3.57. The minimum absolute atomic E-state index is 0.0232. The standard InChI is InChI=1S/C25H26N2O3/c1-18-7-9-21(10-8-18)25(29)27-15-13-20(14-16-27)24(28)26-17-22-11-12-23(30-22)19-5-3-2-4-6-19/h2-12,20H,13-17H2,1H3,(H,26,28). The van der Waals surface area contributed by atoms with Gasteiger partial charge in [0, 0.05) is 30.1 Å². The second kappa shape index (κ2) is 8.99. The molecular formula is C25H26N2O3. The van der Waals surface area contributed by atoms with Crippen molar-refractivity contribution in [2.24, 2.45) is 5.92 Å². The summed E-state index contributed by atoms with van der Waals surface area (Å²) in [4.78, 5) is 27.0. The highest BCUT2D eigenvalue weighted by Crippen LogP contribution is 2.23. The average Bonchev–Trinajstić information content (AvgIpc) is 3.27. The van der Waals surface area contributed by atoms with Crippen molar-refractivity contribution in [1.29, 1.82) is 0 Å². The zero-order chi connectivity index (χ0) is 20.9. The zero-order valence-corrected chi connectivity index (χ0v) is 17.1. The number of furan rings is 1. The lowest BCUT2D eigenvalue weighted by Crippen LogP contribution is -2.42. The van der Waals surface area contributed by atoms with Gasteiger partial charge >= 0.3 is 0 Å². The number of aryl methyl sites for hydroxylation is 1. The van der Waals surface area contributed by atoms with E-state index in [-0.39, 0.29) is 17.7 Å². The lowest BCUT2D eigenvalue weighted by Gasteiger charge is -2.31. The van der Waals surface area contributed by atoms with Crippen LogP contribution in [0.25, 0.3) is 11.3 Å². The number of benzene rings is 2. The molecule has 0 bridgehead atoms. The number of rotatable bonds is 5. The molecule has 5 nitrogen and oxygen atoms in total. The maximum atomic E-state index is 12.6. The van der Waals surface area contributed by atoms with Gasteiger partial charge in [-0.15, -0.1) is 0 Å². The zero-order valence-electron chi connectivity index (χ0n) is 17.1. The number of hydrogen-bond donors (Lipinski definition) is 1. The van der Waals surface area contributed by atoms with Gasteiger partial charge in [0.25, 0.3) is 5.91 Å². The van der Waals surface area contributed by atoms with Gasteiger partial charge in [-0.05, 0) is 44.0 Å². The van der Waals surface area contributed by atoms with Gasteiger partial charge in [0.05, 0.1) is 6.54 Å². The maximum absolute atomic E-state index is 12.6. The molecule has 2 amide bonds. The fourth-order valence-electron chi connectivity index (χ4n) is 3.77. The molecule has 0 unspecified atom stereocenters. The van der Waals surface area contributed by atoms with Gasteiger partial charge in [-0.25, -0.2) is 0 Å². The number of nitrogens with one attached hydrogen (secondary N) is 1. The van der Waals surface area contributed by atoms with Crippen molar-refractivity contribution in [1.82, 2.24) is 10.2 Å². The van der Waals surface area contributed by atoms with Crippen molar-refractivity contribution in [3.63, 3.8) is 0 Å². The third-order valence-electron chi connectivity index (χ3n) is 5.61. The molecule has 154 valence electrons. The Balaban J connectivity index is 1.26. The van der Waals surface area contributed by atoms with Crippen LogP contribution < -0.4 is 5.32 Å². The van der Waals surface area contributed by atoms with Gasteiger partial charge in [0.2, 0.25) is 5.91 Å². The molecule has 2 heterocycles. The van der Waals surface area contributed by atoms with E-state index in [2.05, 4.69) is 5.32 Å². The lowest BCUT2D eigenvalue weighted by atomic mass is 9.95. The number of likely N-dealkylation sites (tertiary alicyclic amines) is 1. The van der Waals surface area contributed by atoms with E-state index < -0.39 is 0 Å². The monoisotopic (exact) mass is 402 g/mol. The summed E-state index contributed by atoms with van der Waals surface area (Å²) in [5, 5.41) is 2.98. The molecule has 0 atom stereocenters. The first-order valence-corrected chi connectivity index (χ1v) is 10.4. The normalized spacial score (nSPS) is 14.5. The van der Waals surface area contributed by atoms with Crippen LogP contribution in [-0.2, 0) is 11.3 Å². The highest BCUT2D eigenvalue weighted by molar-refractivity contribution is 5.94. The first-order chi connectivity index (χ1) is 14.6.